The number of aromatic nitrogens is 3. The molecule has 1 aromatic heterocycles. The van der Waals surface area contributed by atoms with Crippen molar-refractivity contribution >= 4 is 35.6 Å². The van der Waals surface area contributed by atoms with Gasteiger partial charge in [0.15, 0.2) is 11.8 Å². The number of anilines is 1. The van der Waals surface area contributed by atoms with Gasteiger partial charge in [0.05, 0.1) is 13.7 Å². The molecule has 2 N–H and O–H groups in total. The number of H-pyrrole nitrogens is 1. The van der Waals surface area contributed by atoms with Crippen LogP contribution in [0.25, 0.3) is 11.4 Å². The van der Waals surface area contributed by atoms with Crippen LogP contribution < -0.4 is 15.0 Å². The Morgan fingerprint density at radius 3 is 2.75 bits per heavy atom. The van der Waals surface area contributed by atoms with E-state index < -0.39 is 0 Å². The van der Waals surface area contributed by atoms with Gasteiger partial charge in [0.25, 0.3) is 0 Å². The molecule has 2 heterocycles. The molecular formula is C20H23IN6O. The number of nitrogens with one attached hydrogen (secondary N) is 2. The quantitative estimate of drug-likeness (QED) is 0.334. The molecule has 4 rings (SSSR count). The number of hydrogen-bond acceptors (Lipinski definition) is 4. The number of rotatable bonds is 4. The third-order valence-electron chi connectivity index (χ3n) is 4.65. The van der Waals surface area contributed by atoms with E-state index in [1.165, 1.54) is 11.3 Å². The molecule has 0 unspecified atom stereocenters. The molecule has 0 amide bonds. The molecule has 7 nitrogen and oxygen atoms in total. The van der Waals surface area contributed by atoms with Crippen LogP contribution in [-0.4, -0.2) is 41.8 Å². The van der Waals surface area contributed by atoms with Crippen LogP contribution in [0.3, 0.4) is 0 Å². The molecule has 0 bridgehead atoms. The first-order valence-electron chi connectivity index (χ1n) is 8.90. The number of methoxy groups -OCH3 is 1. The van der Waals surface area contributed by atoms with Crippen LogP contribution in [0.2, 0.25) is 0 Å². The lowest BCUT2D eigenvalue weighted by Crippen LogP contribution is -2.40. The van der Waals surface area contributed by atoms with Crippen molar-refractivity contribution in [1.82, 2.24) is 20.5 Å². The summed E-state index contributed by atoms with van der Waals surface area (Å²) in [5.74, 6) is 3.07. The largest absolute Gasteiger partial charge is 0.497 e. The van der Waals surface area contributed by atoms with Crippen molar-refractivity contribution in [3.8, 4) is 17.1 Å². The van der Waals surface area contributed by atoms with E-state index >= 15 is 0 Å². The Labute approximate surface area is 181 Å². The maximum Gasteiger partial charge on any atom is 0.198 e. The number of aromatic amines is 1. The molecular weight excluding hydrogens is 467 g/mol. The highest BCUT2D eigenvalue weighted by Gasteiger charge is 2.22. The zero-order chi connectivity index (χ0) is 18.6. The molecule has 0 aliphatic carbocycles. The fraction of sp³-hybridized carbons (Fsp3) is 0.250. The average molecular weight is 490 g/mol. The first-order valence-corrected chi connectivity index (χ1v) is 8.90. The van der Waals surface area contributed by atoms with Gasteiger partial charge >= 0.3 is 0 Å². The van der Waals surface area contributed by atoms with Crippen molar-refractivity contribution in [3.63, 3.8) is 0 Å². The Kier molecular flexibility index (Phi) is 6.50. The van der Waals surface area contributed by atoms with Gasteiger partial charge in [-0.25, -0.2) is 4.98 Å². The number of aliphatic imine (C=N–C) groups is 1. The summed E-state index contributed by atoms with van der Waals surface area (Å²) >= 11 is 0. The number of fused-ring (bicyclic) bond motifs is 1. The molecule has 0 fully saturated rings. The van der Waals surface area contributed by atoms with Crippen molar-refractivity contribution in [3.05, 3.63) is 59.9 Å². The highest BCUT2D eigenvalue weighted by atomic mass is 127. The number of para-hydroxylation sites is 1. The van der Waals surface area contributed by atoms with Gasteiger partial charge in [-0.2, -0.15) is 5.10 Å². The minimum absolute atomic E-state index is 0. The molecule has 0 spiro atoms. The summed E-state index contributed by atoms with van der Waals surface area (Å²) in [6.45, 7) is 1.45. The smallest absolute Gasteiger partial charge is 0.198 e. The molecule has 28 heavy (non-hydrogen) atoms. The Morgan fingerprint density at radius 2 is 2.00 bits per heavy atom. The number of benzene rings is 2. The molecule has 0 saturated carbocycles. The Hall–Kier alpha value is -2.62. The monoisotopic (exact) mass is 490 g/mol. The SMILES string of the molecule is CN=C(NCc1nc(-c2ccc(OC)cc2)n[nH]1)N1CCc2ccccc21.I. The van der Waals surface area contributed by atoms with Crippen LogP contribution in [0.15, 0.2) is 53.5 Å². The molecule has 8 heteroatoms. The maximum absolute atomic E-state index is 5.18. The lowest BCUT2D eigenvalue weighted by molar-refractivity contribution is 0.415. The third kappa shape index (κ3) is 4.11. The van der Waals surface area contributed by atoms with Gasteiger partial charge in [0, 0.05) is 24.8 Å². The Bertz CT molecular complexity index is 953. The average Bonchev–Trinajstić information content (AvgIpc) is 3.36. The van der Waals surface area contributed by atoms with E-state index in [-0.39, 0.29) is 24.0 Å². The van der Waals surface area contributed by atoms with E-state index in [0.29, 0.717) is 12.4 Å². The van der Waals surface area contributed by atoms with Gasteiger partial charge in [-0.15, -0.1) is 24.0 Å². The van der Waals surface area contributed by atoms with Crippen molar-refractivity contribution in [2.75, 3.05) is 25.6 Å². The first kappa shape index (κ1) is 20.1. The minimum atomic E-state index is 0. The highest BCUT2D eigenvalue weighted by molar-refractivity contribution is 14.0. The zero-order valence-electron chi connectivity index (χ0n) is 15.8. The van der Waals surface area contributed by atoms with Crippen LogP contribution in [0.4, 0.5) is 5.69 Å². The second-order valence-corrected chi connectivity index (χ2v) is 6.27. The van der Waals surface area contributed by atoms with Crippen LogP contribution >= 0.6 is 24.0 Å². The second kappa shape index (κ2) is 9.05. The van der Waals surface area contributed by atoms with E-state index in [0.717, 1.165) is 36.1 Å². The number of hydrogen-bond donors (Lipinski definition) is 2. The zero-order valence-corrected chi connectivity index (χ0v) is 18.2. The van der Waals surface area contributed by atoms with Crippen LogP contribution in [0.5, 0.6) is 5.75 Å². The van der Waals surface area contributed by atoms with Crippen molar-refractivity contribution in [2.24, 2.45) is 4.99 Å². The van der Waals surface area contributed by atoms with Crippen LogP contribution in [0.1, 0.15) is 11.4 Å². The third-order valence-corrected chi connectivity index (χ3v) is 4.65. The fourth-order valence-corrected chi connectivity index (χ4v) is 3.26. The van der Waals surface area contributed by atoms with E-state index in [1.54, 1.807) is 14.2 Å². The molecule has 2 aromatic carbocycles. The lowest BCUT2D eigenvalue weighted by Gasteiger charge is -2.21. The number of nitrogens with zero attached hydrogens (tertiary/aromatic N) is 4. The summed E-state index contributed by atoms with van der Waals surface area (Å²) in [4.78, 5) is 11.2. The van der Waals surface area contributed by atoms with E-state index in [1.807, 2.05) is 24.3 Å². The van der Waals surface area contributed by atoms with Crippen LogP contribution in [-0.2, 0) is 13.0 Å². The maximum atomic E-state index is 5.18. The van der Waals surface area contributed by atoms with Gasteiger partial charge < -0.3 is 15.0 Å². The first-order chi connectivity index (χ1) is 13.3. The standard InChI is InChI=1S/C20H22N6O.HI/c1-21-20(26-12-11-14-5-3-4-6-17(14)26)22-13-18-23-19(25-24-18)15-7-9-16(27-2)10-8-15;/h3-10H,11-13H2,1-2H3,(H,21,22)(H,23,24,25);1H. The van der Waals surface area contributed by atoms with Gasteiger partial charge in [-0.05, 0) is 42.3 Å². The normalized spacial score (nSPS) is 13.1. The van der Waals surface area contributed by atoms with E-state index in [4.69, 9.17) is 4.74 Å². The molecule has 3 aromatic rings. The lowest BCUT2D eigenvalue weighted by atomic mass is 10.2. The topological polar surface area (TPSA) is 78.4 Å². The van der Waals surface area contributed by atoms with Crippen molar-refractivity contribution < 1.29 is 4.74 Å². The van der Waals surface area contributed by atoms with Gasteiger partial charge in [0.1, 0.15) is 11.6 Å². The minimum Gasteiger partial charge on any atom is -0.497 e. The summed E-state index contributed by atoms with van der Waals surface area (Å²) in [6.07, 6.45) is 1.03. The fourth-order valence-electron chi connectivity index (χ4n) is 3.26. The summed E-state index contributed by atoms with van der Waals surface area (Å²) < 4.78 is 5.18. The summed E-state index contributed by atoms with van der Waals surface area (Å²) in [5.41, 5.74) is 3.50. The van der Waals surface area contributed by atoms with Gasteiger partial charge in [-0.3, -0.25) is 10.1 Å². The molecule has 1 aliphatic heterocycles. The number of halogens is 1. The molecule has 1 aliphatic rings. The molecule has 0 saturated heterocycles. The number of guanidine groups is 1. The van der Waals surface area contributed by atoms with Gasteiger partial charge in [0.2, 0.25) is 0 Å². The second-order valence-electron chi connectivity index (χ2n) is 6.27. The molecule has 0 radical (unpaired) electrons. The Balaban J connectivity index is 0.00000225. The van der Waals surface area contributed by atoms with Crippen LogP contribution in [0, 0.1) is 0 Å². The molecule has 146 valence electrons. The highest BCUT2D eigenvalue weighted by Crippen LogP contribution is 2.27. The summed E-state index contributed by atoms with van der Waals surface area (Å²) in [5, 5.41) is 10.7. The van der Waals surface area contributed by atoms with E-state index in [2.05, 4.69) is 54.7 Å². The predicted molar refractivity (Wildman–Crippen MR) is 121 cm³/mol. The molecule has 0 atom stereocenters. The Morgan fingerprint density at radius 1 is 1.21 bits per heavy atom. The summed E-state index contributed by atoms with van der Waals surface area (Å²) in [7, 11) is 3.45. The number of ether oxygens (including phenoxy) is 1. The van der Waals surface area contributed by atoms with E-state index in [9.17, 15) is 0 Å². The van der Waals surface area contributed by atoms with Crippen molar-refractivity contribution in [1.29, 1.82) is 0 Å². The summed E-state index contributed by atoms with van der Waals surface area (Å²) in [6, 6.07) is 16.1. The predicted octanol–water partition coefficient (Wildman–Crippen LogP) is 3.24. The van der Waals surface area contributed by atoms with Crippen molar-refractivity contribution in [2.45, 2.75) is 13.0 Å². The van der Waals surface area contributed by atoms with Gasteiger partial charge in [-0.1, -0.05) is 18.2 Å².